The van der Waals surface area contributed by atoms with Gasteiger partial charge in [0.1, 0.15) is 0 Å². The summed E-state index contributed by atoms with van der Waals surface area (Å²) in [5.74, 6) is 1.19. The van der Waals surface area contributed by atoms with Crippen molar-refractivity contribution in [3.63, 3.8) is 0 Å². The maximum absolute atomic E-state index is 11.5. The molecule has 2 nitrogen and oxygen atoms in total. The minimum absolute atomic E-state index is 0.192. The summed E-state index contributed by atoms with van der Waals surface area (Å²) < 4.78 is 5.39. The van der Waals surface area contributed by atoms with Gasteiger partial charge in [-0.3, -0.25) is 4.79 Å². The summed E-state index contributed by atoms with van der Waals surface area (Å²) in [5.41, 5.74) is 1.23. The lowest BCUT2D eigenvalue weighted by Crippen LogP contribution is -2.08. The first kappa shape index (κ1) is 8.54. The van der Waals surface area contributed by atoms with Gasteiger partial charge in [-0.05, 0) is 25.3 Å². The van der Waals surface area contributed by atoms with E-state index in [0.29, 0.717) is 24.7 Å². The van der Waals surface area contributed by atoms with Crippen molar-refractivity contribution in [2.75, 3.05) is 6.61 Å². The minimum Gasteiger partial charge on any atom is -0.490 e. The maximum Gasteiger partial charge on any atom is 0.198 e. The van der Waals surface area contributed by atoms with Crippen molar-refractivity contribution in [1.29, 1.82) is 0 Å². The summed E-state index contributed by atoms with van der Waals surface area (Å²) in [5, 5.41) is 0. The zero-order valence-corrected chi connectivity index (χ0v) is 7.88. The molecule has 2 rings (SSSR count). The number of carbonyl (C=O) groups excluding carboxylic acids is 1. The first-order valence-corrected chi connectivity index (χ1v) is 4.84. The molecule has 0 N–H and O–H groups in total. The van der Waals surface area contributed by atoms with E-state index in [-0.39, 0.29) is 5.78 Å². The van der Waals surface area contributed by atoms with Gasteiger partial charge >= 0.3 is 0 Å². The molecular weight excluding hydrogens is 164 g/mol. The third kappa shape index (κ3) is 1.41. The predicted molar refractivity (Wildman–Crippen MR) is 50.1 cm³/mol. The number of ketones is 1. The van der Waals surface area contributed by atoms with Gasteiger partial charge < -0.3 is 4.74 Å². The predicted octanol–water partition coefficient (Wildman–Crippen LogP) is 2.22. The van der Waals surface area contributed by atoms with Crippen molar-refractivity contribution in [2.24, 2.45) is 5.92 Å². The third-order valence-corrected chi connectivity index (χ3v) is 2.66. The van der Waals surface area contributed by atoms with E-state index in [9.17, 15) is 4.79 Å². The Hall–Kier alpha value is -1.05. The van der Waals surface area contributed by atoms with Gasteiger partial charge in [0.25, 0.3) is 0 Å². The van der Waals surface area contributed by atoms with Gasteiger partial charge in [-0.2, -0.15) is 0 Å². The molecule has 0 aromatic heterocycles. The van der Waals surface area contributed by atoms with Gasteiger partial charge in [-0.1, -0.05) is 12.2 Å². The Morgan fingerprint density at radius 3 is 3.15 bits per heavy atom. The monoisotopic (exact) mass is 178 g/mol. The van der Waals surface area contributed by atoms with Gasteiger partial charge in [0.15, 0.2) is 11.5 Å². The molecule has 0 amide bonds. The lowest BCUT2D eigenvalue weighted by molar-refractivity contribution is -0.118. The first-order valence-electron chi connectivity index (χ1n) is 4.84. The van der Waals surface area contributed by atoms with Crippen LogP contribution in [-0.4, -0.2) is 12.4 Å². The van der Waals surface area contributed by atoms with Crippen molar-refractivity contribution in [1.82, 2.24) is 0 Å². The Bertz CT molecular complexity index is 286. The molecule has 70 valence electrons. The second kappa shape index (κ2) is 3.36. The molecule has 0 bridgehead atoms. The highest BCUT2D eigenvalue weighted by atomic mass is 16.5. The quantitative estimate of drug-likeness (QED) is 0.575. The third-order valence-electron chi connectivity index (χ3n) is 2.66. The number of hydrogen-bond acceptors (Lipinski definition) is 2. The van der Waals surface area contributed by atoms with Crippen LogP contribution in [-0.2, 0) is 9.53 Å². The summed E-state index contributed by atoms with van der Waals surface area (Å²) in [6.45, 7) is 2.71. The Morgan fingerprint density at radius 2 is 2.38 bits per heavy atom. The number of allylic oxidation sites excluding steroid dienone is 4. The molecule has 0 radical (unpaired) electrons. The number of ether oxygens (including phenoxy) is 1. The van der Waals surface area contributed by atoms with Crippen LogP contribution in [0.5, 0.6) is 0 Å². The Morgan fingerprint density at radius 1 is 1.54 bits per heavy atom. The molecule has 1 aliphatic heterocycles. The molecule has 0 saturated heterocycles. The molecule has 2 aliphatic rings. The second-order valence-electron chi connectivity index (χ2n) is 3.57. The van der Waals surface area contributed by atoms with Crippen LogP contribution in [0.15, 0.2) is 23.5 Å². The number of carbonyl (C=O) groups is 1. The fraction of sp³-hybridized carbons (Fsp3) is 0.545. The second-order valence-corrected chi connectivity index (χ2v) is 3.57. The molecule has 0 saturated carbocycles. The molecule has 0 spiro atoms. The maximum atomic E-state index is 11.5. The summed E-state index contributed by atoms with van der Waals surface area (Å²) >= 11 is 0. The van der Waals surface area contributed by atoms with Crippen molar-refractivity contribution >= 4 is 5.78 Å². The smallest absolute Gasteiger partial charge is 0.198 e. The van der Waals surface area contributed by atoms with Crippen LogP contribution >= 0.6 is 0 Å². The van der Waals surface area contributed by atoms with E-state index < -0.39 is 0 Å². The normalized spacial score (nSPS) is 28.1. The topological polar surface area (TPSA) is 26.3 Å². The zero-order valence-electron chi connectivity index (χ0n) is 7.88. The van der Waals surface area contributed by atoms with E-state index in [1.54, 1.807) is 0 Å². The van der Waals surface area contributed by atoms with Crippen molar-refractivity contribution in [2.45, 2.75) is 26.2 Å². The van der Waals surface area contributed by atoms with E-state index in [1.807, 2.05) is 13.0 Å². The van der Waals surface area contributed by atoms with Crippen LogP contribution in [0.1, 0.15) is 26.2 Å². The van der Waals surface area contributed by atoms with E-state index in [1.165, 1.54) is 5.57 Å². The number of hydrogen-bond donors (Lipinski definition) is 0. The average Bonchev–Trinajstić information content (AvgIpc) is 2.46. The van der Waals surface area contributed by atoms with Crippen LogP contribution < -0.4 is 0 Å². The standard InChI is InChI=1S/C11H14O2/c1-2-4-8-7-10(12)11-9(8)5-3-6-13-11/h2,4,8H,3,5-7H2,1H3/b4-2+/t8-/m1/s1. The van der Waals surface area contributed by atoms with Gasteiger partial charge in [0.05, 0.1) is 6.61 Å². The van der Waals surface area contributed by atoms with Crippen LogP contribution in [0, 0.1) is 5.92 Å². The zero-order chi connectivity index (χ0) is 9.26. The first-order chi connectivity index (χ1) is 6.33. The van der Waals surface area contributed by atoms with Crippen LogP contribution in [0.2, 0.25) is 0 Å². The lowest BCUT2D eigenvalue weighted by Gasteiger charge is -2.16. The van der Waals surface area contributed by atoms with Crippen LogP contribution in [0.25, 0.3) is 0 Å². The number of Topliss-reactive ketones (excluding diaryl/α,β-unsaturated/α-hetero) is 1. The highest BCUT2D eigenvalue weighted by Gasteiger charge is 2.33. The minimum atomic E-state index is 0.192. The largest absolute Gasteiger partial charge is 0.490 e. The molecule has 2 heteroatoms. The Balaban J connectivity index is 2.27. The summed E-state index contributed by atoms with van der Waals surface area (Å²) in [4.78, 5) is 11.5. The van der Waals surface area contributed by atoms with E-state index in [0.717, 1.165) is 12.8 Å². The van der Waals surface area contributed by atoms with Gasteiger partial charge in [-0.25, -0.2) is 0 Å². The van der Waals surface area contributed by atoms with E-state index >= 15 is 0 Å². The van der Waals surface area contributed by atoms with Crippen LogP contribution in [0.3, 0.4) is 0 Å². The Kier molecular flexibility index (Phi) is 2.21. The highest BCUT2D eigenvalue weighted by molar-refractivity contribution is 5.97. The molecule has 0 fully saturated rings. The summed E-state index contributed by atoms with van der Waals surface area (Å²) in [6, 6.07) is 0. The van der Waals surface area contributed by atoms with Crippen LogP contribution in [0.4, 0.5) is 0 Å². The molecule has 1 heterocycles. The summed E-state index contributed by atoms with van der Waals surface area (Å²) in [7, 11) is 0. The molecular formula is C11H14O2. The van der Waals surface area contributed by atoms with Crippen molar-refractivity contribution < 1.29 is 9.53 Å². The van der Waals surface area contributed by atoms with Gasteiger partial charge in [0.2, 0.25) is 0 Å². The highest BCUT2D eigenvalue weighted by Crippen LogP contribution is 2.36. The van der Waals surface area contributed by atoms with E-state index in [2.05, 4.69) is 6.08 Å². The molecule has 0 aromatic carbocycles. The fourth-order valence-electron chi connectivity index (χ4n) is 2.09. The van der Waals surface area contributed by atoms with Gasteiger partial charge in [0, 0.05) is 12.3 Å². The fourth-order valence-corrected chi connectivity index (χ4v) is 2.09. The van der Waals surface area contributed by atoms with E-state index in [4.69, 9.17) is 4.74 Å². The van der Waals surface area contributed by atoms with Crippen molar-refractivity contribution in [3.05, 3.63) is 23.5 Å². The molecule has 0 aromatic rings. The van der Waals surface area contributed by atoms with Crippen molar-refractivity contribution in [3.8, 4) is 0 Å². The average molecular weight is 178 g/mol. The SMILES string of the molecule is C/C=C/[C@@H]1CC(=O)C2=C1CCCO2. The molecule has 1 aliphatic carbocycles. The Labute approximate surface area is 78.3 Å². The molecule has 13 heavy (non-hydrogen) atoms. The number of rotatable bonds is 1. The molecule has 1 atom stereocenters. The lowest BCUT2D eigenvalue weighted by atomic mass is 9.96. The van der Waals surface area contributed by atoms with Gasteiger partial charge in [-0.15, -0.1) is 0 Å². The molecule has 0 unspecified atom stereocenters. The summed E-state index contributed by atoms with van der Waals surface area (Å²) in [6.07, 6.45) is 6.84.